The first-order valence-corrected chi connectivity index (χ1v) is 33.8. The van der Waals surface area contributed by atoms with E-state index in [1.165, 1.54) is 168 Å². The quantitative estimate of drug-likeness (QED) is 0.0428. The summed E-state index contributed by atoms with van der Waals surface area (Å²) in [5, 5.41) is 23.4. The second kappa shape index (κ2) is 35.6. The largest absolute Gasteiger partial charge is 0.695 e. The van der Waals surface area contributed by atoms with Gasteiger partial charge in [-0.2, -0.15) is 61.1 Å². The summed E-state index contributed by atoms with van der Waals surface area (Å²) in [6.07, 6.45) is 31.7. The molecule has 2 atom stereocenters. The first-order chi connectivity index (χ1) is 36.4. The van der Waals surface area contributed by atoms with Crippen LogP contribution in [0.3, 0.4) is 0 Å². The van der Waals surface area contributed by atoms with Crippen LogP contribution in [0.2, 0.25) is 0 Å². The molecule has 0 spiro atoms. The van der Waals surface area contributed by atoms with Crippen molar-refractivity contribution in [2.45, 2.75) is 261 Å². The summed E-state index contributed by atoms with van der Waals surface area (Å²) in [6, 6.07) is 33.8. The zero-order chi connectivity index (χ0) is 53.4. The van der Waals surface area contributed by atoms with Gasteiger partial charge in [0.25, 0.3) is 0 Å². The van der Waals surface area contributed by atoms with Crippen LogP contribution in [0.1, 0.15) is 260 Å². The molecule has 4 fully saturated rings. The van der Waals surface area contributed by atoms with E-state index in [9.17, 15) is 0 Å². The fraction of sp³-hybridized carbons (Fsp3) is 0.623. The summed E-state index contributed by atoms with van der Waals surface area (Å²) < 4.78 is 0. The van der Waals surface area contributed by atoms with Gasteiger partial charge >= 0.3 is 0 Å². The van der Waals surface area contributed by atoms with E-state index in [-0.39, 0.29) is 53.9 Å². The number of nitrogens with zero attached hydrogens (tertiary/aromatic N) is 4. The van der Waals surface area contributed by atoms with E-state index in [1.807, 2.05) is 60.7 Å². The molecular weight excluding hydrogens is 1040 g/mol. The average Bonchev–Trinajstić information content (AvgIpc) is 3.42. The molecule has 76 heavy (non-hydrogen) atoms. The molecule has 420 valence electrons. The molecule has 2 unspecified atom stereocenters. The van der Waals surface area contributed by atoms with E-state index < -0.39 is 0 Å². The van der Waals surface area contributed by atoms with E-state index >= 15 is 0 Å². The third-order valence-corrected chi connectivity index (χ3v) is 23.8. The van der Waals surface area contributed by atoms with Crippen molar-refractivity contribution in [1.82, 2.24) is 0 Å². The van der Waals surface area contributed by atoms with Gasteiger partial charge in [-0.25, -0.2) is 0 Å². The molecule has 0 radical (unpaired) electrons. The van der Waals surface area contributed by atoms with E-state index in [0.29, 0.717) is 23.7 Å². The third-order valence-electron chi connectivity index (χ3n) is 16.8. The average molecular weight is 1140 g/mol. The maximum absolute atomic E-state index is 5.93. The molecule has 0 bridgehead atoms. The Hall–Kier alpha value is -2.12. The Balaban J connectivity index is 0.000000614. The fourth-order valence-electron chi connectivity index (χ4n) is 12.6. The van der Waals surface area contributed by atoms with Gasteiger partial charge in [-0.1, -0.05) is 222 Å². The number of hydrogen-bond acceptors (Lipinski definition) is 0. The predicted octanol–water partition coefficient (Wildman–Crippen LogP) is 23.4. The molecule has 4 aromatic rings. The molecular formula is C69H104N4P2Zr-6. The molecule has 0 N–H and O–H groups in total. The topological polar surface area (TPSA) is 56.4 Å². The molecule has 4 saturated carbocycles. The van der Waals surface area contributed by atoms with E-state index in [1.54, 1.807) is 0 Å². The Morgan fingerprint density at radius 3 is 0.855 bits per heavy atom. The van der Waals surface area contributed by atoms with Crippen LogP contribution < -0.4 is 0 Å². The first kappa shape index (κ1) is 64.7. The van der Waals surface area contributed by atoms with Gasteiger partial charge in [-0.15, -0.1) is 64.6 Å². The van der Waals surface area contributed by atoms with Crippen LogP contribution in [0.5, 0.6) is 0 Å². The second-order valence-electron chi connectivity index (χ2n) is 24.0. The second-order valence-corrected chi connectivity index (χ2v) is 29.7. The molecule has 0 aromatic heterocycles. The zero-order valence-electron chi connectivity index (χ0n) is 49.3. The van der Waals surface area contributed by atoms with Crippen LogP contribution in [-0.2, 0) is 26.2 Å². The smallest absolute Gasteiger partial charge is 0 e. The van der Waals surface area contributed by atoms with Gasteiger partial charge in [0.05, 0.1) is 0 Å². The van der Waals surface area contributed by atoms with Crippen molar-refractivity contribution in [2.24, 2.45) is 0 Å². The minimum atomic E-state index is -0.306. The van der Waals surface area contributed by atoms with Crippen LogP contribution in [0.4, 0.5) is 11.4 Å². The summed E-state index contributed by atoms with van der Waals surface area (Å²) >= 11 is 0. The summed E-state index contributed by atoms with van der Waals surface area (Å²) in [7, 11) is -0.612. The van der Waals surface area contributed by atoms with E-state index in [0.717, 1.165) is 59.7 Å². The van der Waals surface area contributed by atoms with E-state index in [4.69, 9.17) is 21.3 Å². The van der Waals surface area contributed by atoms with Gasteiger partial charge in [0.15, 0.2) is 0 Å². The number of para-hydroxylation sites is 2. The molecule has 4 aliphatic rings. The molecule has 0 heterocycles. The van der Waals surface area contributed by atoms with Gasteiger partial charge in [0, 0.05) is 26.2 Å². The molecule has 0 aliphatic heterocycles. The Morgan fingerprint density at radius 2 is 0.632 bits per heavy atom. The number of rotatable bonds is 22. The molecule has 4 aromatic carbocycles. The maximum atomic E-state index is 5.93. The van der Waals surface area contributed by atoms with Crippen molar-refractivity contribution >= 4 is 27.2 Å². The Kier molecular flexibility index (Phi) is 30.3. The number of hydrogen-bond donors (Lipinski definition) is 0. The van der Waals surface area contributed by atoms with Crippen LogP contribution in [-0.4, -0.2) is 47.5 Å². The molecule has 4 nitrogen and oxygen atoms in total. The van der Waals surface area contributed by atoms with Crippen molar-refractivity contribution in [3.05, 3.63) is 166 Å². The van der Waals surface area contributed by atoms with Crippen LogP contribution in [0, 0.1) is 13.8 Å². The van der Waals surface area contributed by atoms with Crippen molar-refractivity contribution in [2.75, 3.05) is 13.1 Å². The first-order valence-electron chi connectivity index (χ1n) is 30.7. The van der Waals surface area contributed by atoms with Gasteiger partial charge in [0.2, 0.25) is 0 Å². The van der Waals surface area contributed by atoms with Crippen molar-refractivity contribution in [3.63, 3.8) is 0 Å². The summed E-state index contributed by atoms with van der Waals surface area (Å²) in [5.74, 6) is 2.11. The summed E-state index contributed by atoms with van der Waals surface area (Å²) in [6.45, 7) is 28.2. The SMILES string of the molecule is CC(C)c1cccc(C(C)C)c1[N-]C([N-]CCCCC[N-]C([N-]c1c(C(C)C)cccc1C(C)C)P(C1CCCCC1)C1CCCCC1)P(C1CCCCC1)C1CCCCC1.[CH2-]c1ccccc1.[CH2-]c1ccccc1.[Zr]. The summed E-state index contributed by atoms with van der Waals surface area (Å²) in [4.78, 5) is 0. The molecule has 7 heteroatoms. The molecule has 0 saturated heterocycles. The molecule has 8 rings (SSSR count). The maximum Gasteiger partial charge on any atom is 0 e. The minimum Gasteiger partial charge on any atom is -0.695 e. The Morgan fingerprint density at radius 1 is 0.368 bits per heavy atom. The monoisotopic (exact) mass is 1140 g/mol. The minimum absolute atomic E-state index is 0. The number of benzene rings is 4. The number of unbranched alkanes of at least 4 members (excludes halogenated alkanes) is 2. The van der Waals surface area contributed by atoms with Gasteiger partial charge in [-0.3, -0.25) is 0 Å². The van der Waals surface area contributed by atoms with Crippen molar-refractivity contribution in [3.8, 4) is 0 Å². The van der Waals surface area contributed by atoms with Crippen molar-refractivity contribution < 1.29 is 26.2 Å². The van der Waals surface area contributed by atoms with Gasteiger partial charge in [0.1, 0.15) is 0 Å². The van der Waals surface area contributed by atoms with Crippen LogP contribution >= 0.6 is 15.8 Å². The standard InChI is InChI=1S/C55H90N4P2.2C7H7.Zr/c1-40(2)48-34-24-35-49(41(3)4)52(48)58-54(60(44-26-14-9-15-27-44)45-28-16-10-17-29-45)56-38-22-13-23-39-57-55(59-53-50(42(5)6)36-25-37-51(53)43(7)8)61(46-30-18-11-19-31-46)47-32-20-12-21-33-47;2*1-7-5-3-2-4-6-7;/h24-25,34-37,40-47,54-55H,9-23,26-33,38-39H2,1-8H3;2*2-6H,1H2;/q-4;2*-1;. The van der Waals surface area contributed by atoms with E-state index in [2.05, 4.69) is 106 Å². The van der Waals surface area contributed by atoms with Gasteiger partial charge < -0.3 is 21.3 Å². The predicted molar refractivity (Wildman–Crippen MR) is 336 cm³/mol. The third kappa shape index (κ3) is 20.8. The van der Waals surface area contributed by atoms with Gasteiger partial charge in [-0.05, 0) is 97.7 Å². The Bertz CT molecular complexity index is 1880. The molecule has 4 aliphatic carbocycles. The van der Waals surface area contributed by atoms with Crippen molar-refractivity contribution in [1.29, 1.82) is 0 Å². The summed E-state index contributed by atoms with van der Waals surface area (Å²) in [5.41, 5.74) is 13.8. The van der Waals surface area contributed by atoms with Crippen LogP contribution in [0.25, 0.3) is 21.3 Å². The zero-order valence-corrected chi connectivity index (χ0v) is 53.5. The normalized spacial score (nSPS) is 18.0. The molecule has 0 amide bonds. The Labute approximate surface area is 489 Å². The fourth-order valence-corrected chi connectivity index (χ4v) is 20.2. The van der Waals surface area contributed by atoms with Crippen LogP contribution in [0.15, 0.2) is 97.1 Å².